The summed E-state index contributed by atoms with van der Waals surface area (Å²) in [6, 6.07) is 17.7. The fraction of sp³-hybridized carbons (Fsp3) is 0.179. The van der Waals surface area contributed by atoms with Crippen LogP contribution in [-0.2, 0) is 4.84 Å². The molecule has 3 aromatic heterocycles. The summed E-state index contributed by atoms with van der Waals surface area (Å²) < 4.78 is 13.5. The Balaban J connectivity index is 1.45. The summed E-state index contributed by atoms with van der Waals surface area (Å²) in [7, 11) is 0. The first-order valence-electron chi connectivity index (χ1n) is 11.5. The summed E-state index contributed by atoms with van der Waals surface area (Å²) in [6.45, 7) is 1.95. The molecule has 36 heavy (non-hydrogen) atoms. The van der Waals surface area contributed by atoms with Gasteiger partial charge in [0.2, 0.25) is 0 Å². The highest BCUT2D eigenvalue weighted by molar-refractivity contribution is 6.30. The van der Waals surface area contributed by atoms with Crippen LogP contribution in [0.4, 0.5) is 4.39 Å². The lowest BCUT2D eigenvalue weighted by Crippen LogP contribution is -2.09. The highest BCUT2D eigenvalue weighted by Crippen LogP contribution is 2.31. The number of halogens is 2. The van der Waals surface area contributed by atoms with E-state index in [9.17, 15) is 9.18 Å². The number of carbonyl (C=O) groups excluding carboxylic acids is 1. The van der Waals surface area contributed by atoms with E-state index < -0.39 is 5.82 Å². The lowest BCUT2D eigenvalue weighted by Gasteiger charge is -2.13. The molecule has 0 saturated heterocycles. The van der Waals surface area contributed by atoms with Gasteiger partial charge in [-0.05, 0) is 54.6 Å². The third kappa shape index (κ3) is 5.31. The van der Waals surface area contributed by atoms with Crippen molar-refractivity contribution in [2.75, 3.05) is 0 Å². The highest BCUT2D eigenvalue weighted by Gasteiger charge is 2.26. The van der Waals surface area contributed by atoms with Gasteiger partial charge in [-0.3, -0.25) is 19.7 Å². The van der Waals surface area contributed by atoms with Crippen LogP contribution in [0.5, 0.6) is 0 Å². The zero-order valence-corrected chi connectivity index (χ0v) is 20.2. The summed E-state index contributed by atoms with van der Waals surface area (Å²) in [5.41, 5.74) is 4.79. The Bertz CT molecular complexity index is 1410. The number of carbonyl (C=O) groups is 1. The summed E-state index contributed by atoms with van der Waals surface area (Å²) in [5, 5.41) is 4.84. The third-order valence-electron chi connectivity index (χ3n) is 6.04. The van der Waals surface area contributed by atoms with Crippen LogP contribution >= 0.6 is 11.6 Å². The molecule has 6 nitrogen and oxygen atoms in total. The number of benzene rings is 1. The quantitative estimate of drug-likeness (QED) is 0.268. The maximum absolute atomic E-state index is 13.5. The van der Waals surface area contributed by atoms with Crippen molar-refractivity contribution in [3.05, 3.63) is 113 Å². The van der Waals surface area contributed by atoms with Crippen molar-refractivity contribution in [1.82, 2.24) is 15.0 Å². The number of nitrogens with zero attached hydrogens (tertiary/aromatic N) is 4. The van der Waals surface area contributed by atoms with E-state index in [0.29, 0.717) is 34.0 Å². The van der Waals surface area contributed by atoms with Crippen LogP contribution in [0, 0.1) is 5.82 Å². The second kappa shape index (κ2) is 10.3. The van der Waals surface area contributed by atoms with Crippen LogP contribution in [0.3, 0.4) is 0 Å². The monoisotopic (exact) mass is 500 g/mol. The largest absolute Gasteiger partial charge is 0.385 e. The van der Waals surface area contributed by atoms with Gasteiger partial charge in [0.15, 0.2) is 11.9 Å². The molecule has 0 saturated carbocycles. The molecule has 0 fully saturated rings. The van der Waals surface area contributed by atoms with E-state index in [1.165, 1.54) is 6.07 Å². The first kappa shape index (κ1) is 23.8. The molecule has 4 aromatic rings. The van der Waals surface area contributed by atoms with Gasteiger partial charge in [-0.15, -0.1) is 0 Å². The number of oxime groups is 1. The van der Waals surface area contributed by atoms with Crippen molar-refractivity contribution in [2.45, 2.75) is 31.8 Å². The number of Topliss-reactive ketones (excluding diaryl/α,β-unsaturated/α-hetero) is 1. The molecule has 0 bridgehead atoms. The first-order chi connectivity index (χ1) is 17.5. The molecule has 1 aromatic carbocycles. The van der Waals surface area contributed by atoms with E-state index in [0.717, 1.165) is 23.1 Å². The molecule has 0 radical (unpaired) electrons. The topological polar surface area (TPSA) is 77.3 Å². The predicted molar refractivity (Wildman–Crippen MR) is 135 cm³/mol. The number of hydrogen-bond acceptors (Lipinski definition) is 6. The van der Waals surface area contributed by atoms with Crippen molar-refractivity contribution >= 4 is 23.1 Å². The van der Waals surface area contributed by atoms with Crippen LogP contribution in [0.15, 0.2) is 84.4 Å². The molecule has 1 aliphatic rings. The standard InChI is InChI=1S/C28H22ClFN4O2/c1-17(23-7-5-21(29)15-32-23)10-27(35)20-12-18(24-8-6-22(30)16-33-24)11-19(13-20)26-14-28(36-34-26)25-4-2-3-9-31-25/h2-9,11-13,15-17,28H,10,14H2,1H3/t17-,28-/m0/s1. The molecular weight excluding hydrogens is 479 g/mol. The van der Waals surface area contributed by atoms with Gasteiger partial charge < -0.3 is 4.84 Å². The summed E-state index contributed by atoms with van der Waals surface area (Å²) >= 11 is 5.95. The maximum Gasteiger partial charge on any atom is 0.174 e. The Morgan fingerprint density at radius 3 is 2.64 bits per heavy atom. The molecule has 0 N–H and O–H groups in total. The number of ketones is 1. The van der Waals surface area contributed by atoms with E-state index in [-0.39, 0.29) is 24.2 Å². The molecule has 4 heterocycles. The lowest BCUT2D eigenvalue weighted by atomic mass is 9.92. The van der Waals surface area contributed by atoms with E-state index >= 15 is 0 Å². The van der Waals surface area contributed by atoms with Crippen molar-refractivity contribution in [1.29, 1.82) is 0 Å². The molecule has 2 atom stereocenters. The minimum absolute atomic E-state index is 0.0507. The Labute approximate surface area is 212 Å². The SMILES string of the molecule is C[C@@H](CC(=O)c1cc(C2=NO[C@H](c3ccccn3)C2)cc(-c2ccc(F)cn2)c1)c1ccc(Cl)cn1. The number of rotatable bonds is 7. The Morgan fingerprint density at radius 2 is 1.92 bits per heavy atom. The fourth-order valence-electron chi connectivity index (χ4n) is 4.10. The smallest absolute Gasteiger partial charge is 0.174 e. The molecule has 180 valence electrons. The van der Waals surface area contributed by atoms with Crippen LogP contribution < -0.4 is 0 Å². The molecule has 0 aliphatic carbocycles. The fourth-order valence-corrected chi connectivity index (χ4v) is 4.21. The molecule has 0 unspecified atom stereocenters. The van der Waals surface area contributed by atoms with Crippen molar-refractivity contribution in [3.8, 4) is 11.3 Å². The molecule has 1 aliphatic heterocycles. The van der Waals surface area contributed by atoms with Gasteiger partial charge in [0.05, 0.1) is 28.3 Å². The molecule has 0 spiro atoms. The Hall–Kier alpha value is -3.97. The van der Waals surface area contributed by atoms with Gasteiger partial charge in [0.25, 0.3) is 0 Å². The van der Waals surface area contributed by atoms with Crippen LogP contribution in [0.2, 0.25) is 5.02 Å². The first-order valence-corrected chi connectivity index (χ1v) is 11.9. The van der Waals surface area contributed by atoms with Gasteiger partial charge in [-0.1, -0.05) is 29.7 Å². The van der Waals surface area contributed by atoms with Gasteiger partial charge in [0.1, 0.15) is 5.82 Å². The van der Waals surface area contributed by atoms with Gasteiger partial charge in [0, 0.05) is 53.5 Å². The van der Waals surface area contributed by atoms with Crippen molar-refractivity contribution in [3.63, 3.8) is 0 Å². The van der Waals surface area contributed by atoms with Crippen molar-refractivity contribution in [2.24, 2.45) is 5.16 Å². The number of aromatic nitrogens is 3. The highest BCUT2D eigenvalue weighted by atomic mass is 35.5. The van der Waals surface area contributed by atoms with Crippen LogP contribution in [0.25, 0.3) is 11.3 Å². The maximum atomic E-state index is 13.5. The van der Waals surface area contributed by atoms with Crippen LogP contribution in [-0.4, -0.2) is 26.4 Å². The molecule has 0 amide bonds. The van der Waals surface area contributed by atoms with E-state index in [1.54, 1.807) is 30.6 Å². The second-order valence-corrected chi connectivity index (χ2v) is 9.12. The Morgan fingerprint density at radius 1 is 1.06 bits per heavy atom. The minimum atomic E-state index is -0.428. The predicted octanol–water partition coefficient (Wildman–Crippen LogP) is 6.57. The molecular formula is C28H22ClFN4O2. The van der Waals surface area contributed by atoms with Crippen LogP contribution in [0.1, 0.15) is 59.1 Å². The van der Waals surface area contributed by atoms with Gasteiger partial charge in [-0.25, -0.2) is 4.39 Å². The summed E-state index contributed by atoms with van der Waals surface area (Å²) in [5.74, 6) is -0.584. The average molecular weight is 501 g/mol. The van der Waals surface area contributed by atoms with E-state index in [4.69, 9.17) is 16.4 Å². The lowest BCUT2D eigenvalue weighted by molar-refractivity contribution is 0.0826. The molecule has 8 heteroatoms. The third-order valence-corrected chi connectivity index (χ3v) is 6.27. The Kier molecular flexibility index (Phi) is 6.82. The summed E-state index contributed by atoms with van der Waals surface area (Å²) in [6.07, 6.45) is 4.91. The number of pyridine rings is 3. The number of hydrogen-bond donors (Lipinski definition) is 0. The van der Waals surface area contributed by atoms with E-state index in [1.807, 2.05) is 43.3 Å². The molecule has 5 rings (SSSR count). The second-order valence-electron chi connectivity index (χ2n) is 8.68. The minimum Gasteiger partial charge on any atom is -0.385 e. The van der Waals surface area contributed by atoms with E-state index in [2.05, 4.69) is 20.1 Å². The average Bonchev–Trinajstić information content (AvgIpc) is 3.40. The van der Waals surface area contributed by atoms with Crippen molar-refractivity contribution < 1.29 is 14.0 Å². The zero-order chi connectivity index (χ0) is 25.1. The summed E-state index contributed by atoms with van der Waals surface area (Å²) in [4.78, 5) is 31.9. The normalized spacial score (nSPS) is 15.8. The zero-order valence-electron chi connectivity index (χ0n) is 19.4. The van der Waals surface area contributed by atoms with Gasteiger partial charge in [-0.2, -0.15) is 0 Å². The van der Waals surface area contributed by atoms with Gasteiger partial charge >= 0.3 is 0 Å².